The Morgan fingerprint density at radius 2 is 2.12 bits per heavy atom. The number of allylic oxidation sites excluding steroid dienone is 6. The number of hydrogen-bond acceptors (Lipinski definition) is 0. The minimum absolute atomic E-state index is 0.361. The summed E-state index contributed by atoms with van der Waals surface area (Å²) >= 11 is 0. The Balaban J connectivity index is 1.94. The lowest BCUT2D eigenvalue weighted by Crippen LogP contribution is -2.12. The zero-order valence-corrected chi connectivity index (χ0v) is 10.7. The molecule has 0 saturated heterocycles. The van der Waals surface area contributed by atoms with Crippen molar-refractivity contribution in [2.24, 2.45) is 11.3 Å². The highest BCUT2D eigenvalue weighted by Gasteiger charge is 2.34. The zero-order valence-electron chi connectivity index (χ0n) is 10.7. The largest absolute Gasteiger partial charge is 0.0776 e. The van der Waals surface area contributed by atoms with Crippen molar-refractivity contribution in [3.05, 3.63) is 36.0 Å². The molecule has 2 unspecified atom stereocenters. The smallest absolute Gasteiger partial charge is 0.00743 e. The van der Waals surface area contributed by atoms with Crippen LogP contribution in [0.4, 0.5) is 0 Å². The highest BCUT2D eigenvalue weighted by atomic mass is 14.4. The number of hydrogen-bond donors (Lipinski definition) is 0. The van der Waals surface area contributed by atoms with Gasteiger partial charge in [-0.05, 0) is 25.2 Å². The zero-order chi connectivity index (χ0) is 11.4. The minimum Gasteiger partial charge on any atom is -0.0776 e. The monoisotopic (exact) mass is 216 g/mol. The van der Waals surface area contributed by atoms with E-state index in [1.807, 2.05) is 0 Å². The summed E-state index contributed by atoms with van der Waals surface area (Å²) in [5, 5.41) is 0. The molecule has 0 heteroatoms. The van der Waals surface area contributed by atoms with Crippen molar-refractivity contribution < 1.29 is 0 Å². The van der Waals surface area contributed by atoms with Gasteiger partial charge in [-0.3, -0.25) is 0 Å². The van der Waals surface area contributed by atoms with Crippen LogP contribution in [0.1, 0.15) is 52.4 Å². The average Bonchev–Trinajstić information content (AvgIpc) is 2.44. The van der Waals surface area contributed by atoms with Crippen LogP contribution in [-0.2, 0) is 0 Å². The van der Waals surface area contributed by atoms with E-state index in [0.717, 1.165) is 0 Å². The molecule has 0 heterocycles. The van der Waals surface area contributed by atoms with E-state index in [-0.39, 0.29) is 0 Å². The summed E-state index contributed by atoms with van der Waals surface area (Å²) in [6.45, 7) is 4.68. The number of fused-ring (bicyclic) bond motifs is 2. The highest BCUT2D eigenvalue weighted by molar-refractivity contribution is 5.34. The molecule has 16 heavy (non-hydrogen) atoms. The molecule has 2 aliphatic carbocycles. The Hall–Kier alpha value is -0.780. The van der Waals surface area contributed by atoms with Gasteiger partial charge in [0.05, 0.1) is 0 Å². The van der Waals surface area contributed by atoms with Crippen LogP contribution in [0.3, 0.4) is 0 Å². The molecule has 0 aliphatic heterocycles. The van der Waals surface area contributed by atoms with Crippen LogP contribution in [0.2, 0.25) is 0 Å². The summed E-state index contributed by atoms with van der Waals surface area (Å²) < 4.78 is 0. The van der Waals surface area contributed by atoms with E-state index in [1.165, 1.54) is 38.5 Å². The Morgan fingerprint density at radius 3 is 2.94 bits per heavy atom. The summed E-state index contributed by atoms with van der Waals surface area (Å²) in [6, 6.07) is 0. The first-order chi connectivity index (χ1) is 7.74. The lowest BCUT2D eigenvalue weighted by molar-refractivity contribution is 0.458. The molecule has 0 saturated carbocycles. The topological polar surface area (TPSA) is 0 Å². The van der Waals surface area contributed by atoms with Gasteiger partial charge in [0.25, 0.3) is 0 Å². The van der Waals surface area contributed by atoms with Gasteiger partial charge in [-0.25, -0.2) is 0 Å². The van der Waals surface area contributed by atoms with E-state index in [4.69, 9.17) is 0 Å². The summed E-state index contributed by atoms with van der Waals surface area (Å²) in [7, 11) is 0. The van der Waals surface area contributed by atoms with E-state index >= 15 is 0 Å². The van der Waals surface area contributed by atoms with Crippen molar-refractivity contribution in [1.29, 1.82) is 0 Å². The van der Waals surface area contributed by atoms with E-state index < -0.39 is 0 Å². The van der Waals surface area contributed by atoms with E-state index in [0.29, 0.717) is 11.3 Å². The minimum atomic E-state index is 0.361. The third-order valence-corrected chi connectivity index (χ3v) is 4.04. The van der Waals surface area contributed by atoms with Gasteiger partial charge < -0.3 is 0 Å². The molecule has 2 rings (SSSR count). The van der Waals surface area contributed by atoms with Gasteiger partial charge in [0.2, 0.25) is 0 Å². The molecule has 0 fully saturated rings. The van der Waals surface area contributed by atoms with Gasteiger partial charge >= 0.3 is 0 Å². The predicted molar refractivity (Wildman–Crippen MR) is 71.3 cm³/mol. The lowest BCUT2D eigenvalue weighted by atomic mass is 9.80. The Kier molecular flexibility index (Phi) is 3.68. The normalized spacial score (nSPS) is 31.6. The first-order valence-electron chi connectivity index (χ1n) is 6.82. The molecule has 0 amide bonds. The molecule has 2 aliphatic rings. The van der Waals surface area contributed by atoms with Crippen LogP contribution in [0.25, 0.3) is 0 Å². The molecule has 0 nitrogen and oxygen atoms in total. The standard InChI is InChI=1S/C16H24/c1-3-4-5-6-10-15-12-14-9-7-8-11-16(15,2)13-14/h7-9,11-12,14H,3-6,10,13H2,1-2H3. The highest BCUT2D eigenvalue weighted by Crippen LogP contribution is 2.46. The molecule has 2 bridgehead atoms. The maximum atomic E-state index is 2.52. The summed E-state index contributed by atoms with van der Waals surface area (Å²) in [5.74, 6) is 0.696. The molecule has 0 aromatic carbocycles. The molecular formula is C16H24. The molecule has 0 spiro atoms. The second-order valence-electron chi connectivity index (χ2n) is 5.53. The third-order valence-electron chi connectivity index (χ3n) is 4.04. The van der Waals surface area contributed by atoms with Gasteiger partial charge in [0.15, 0.2) is 0 Å². The van der Waals surface area contributed by atoms with Gasteiger partial charge in [0.1, 0.15) is 0 Å². The predicted octanol–water partition coefficient (Wildman–Crippen LogP) is 5.04. The van der Waals surface area contributed by atoms with Gasteiger partial charge in [-0.2, -0.15) is 0 Å². The molecule has 0 aromatic rings. The number of unbranched alkanes of at least 4 members (excludes halogenated alkanes) is 3. The quantitative estimate of drug-likeness (QED) is 0.446. The Labute approximate surface area is 100 Å². The summed E-state index contributed by atoms with van der Waals surface area (Å²) in [5.41, 5.74) is 2.05. The SMILES string of the molecule is CCCCCCC1=CC2C=CC=CC1(C)C2. The molecular weight excluding hydrogens is 192 g/mol. The summed E-state index contributed by atoms with van der Waals surface area (Å²) in [4.78, 5) is 0. The Morgan fingerprint density at radius 1 is 1.25 bits per heavy atom. The second kappa shape index (κ2) is 5.03. The molecule has 0 aromatic heterocycles. The van der Waals surface area contributed by atoms with Crippen molar-refractivity contribution in [1.82, 2.24) is 0 Å². The van der Waals surface area contributed by atoms with E-state index in [1.54, 1.807) is 5.57 Å². The van der Waals surface area contributed by atoms with Crippen LogP contribution in [0, 0.1) is 11.3 Å². The lowest BCUT2D eigenvalue weighted by Gasteiger charge is -2.24. The van der Waals surface area contributed by atoms with E-state index in [9.17, 15) is 0 Å². The van der Waals surface area contributed by atoms with Crippen LogP contribution >= 0.6 is 0 Å². The molecule has 2 atom stereocenters. The second-order valence-corrected chi connectivity index (χ2v) is 5.53. The van der Waals surface area contributed by atoms with Crippen LogP contribution in [0.15, 0.2) is 36.0 Å². The van der Waals surface area contributed by atoms with Crippen molar-refractivity contribution in [2.45, 2.75) is 52.4 Å². The van der Waals surface area contributed by atoms with Crippen molar-refractivity contribution in [3.8, 4) is 0 Å². The van der Waals surface area contributed by atoms with Gasteiger partial charge in [0, 0.05) is 5.41 Å². The first kappa shape index (κ1) is 11.7. The molecule has 0 N–H and O–H groups in total. The molecule has 0 radical (unpaired) electrons. The maximum absolute atomic E-state index is 2.52. The van der Waals surface area contributed by atoms with Crippen LogP contribution in [0.5, 0.6) is 0 Å². The number of rotatable bonds is 5. The summed E-state index contributed by atoms with van der Waals surface area (Å²) in [6.07, 6.45) is 19.8. The van der Waals surface area contributed by atoms with Crippen molar-refractivity contribution in [2.75, 3.05) is 0 Å². The van der Waals surface area contributed by atoms with Crippen molar-refractivity contribution >= 4 is 0 Å². The average molecular weight is 216 g/mol. The van der Waals surface area contributed by atoms with Gasteiger partial charge in [-0.1, -0.05) is 69.1 Å². The van der Waals surface area contributed by atoms with E-state index in [2.05, 4.69) is 44.2 Å². The third kappa shape index (κ3) is 2.48. The van der Waals surface area contributed by atoms with Crippen LogP contribution < -0.4 is 0 Å². The Bertz CT molecular complexity index is 319. The van der Waals surface area contributed by atoms with Crippen LogP contribution in [-0.4, -0.2) is 0 Å². The fraction of sp³-hybridized carbons (Fsp3) is 0.625. The van der Waals surface area contributed by atoms with Crippen molar-refractivity contribution in [3.63, 3.8) is 0 Å². The molecule has 88 valence electrons. The fourth-order valence-corrected chi connectivity index (χ4v) is 3.01. The fourth-order valence-electron chi connectivity index (χ4n) is 3.01. The van der Waals surface area contributed by atoms with Gasteiger partial charge in [-0.15, -0.1) is 0 Å². The first-order valence-corrected chi connectivity index (χ1v) is 6.82. The maximum Gasteiger partial charge on any atom is 0.00743 e.